The van der Waals surface area contributed by atoms with Gasteiger partial charge in [0.15, 0.2) is 5.79 Å². The van der Waals surface area contributed by atoms with Crippen molar-refractivity contribution >= 4 is 23.5 Å². The molecule has 1 aliphatic rings. The largest absolute Gasteiger partial charge is 0.426 e. The van der Waals surface area contributed by atoms with E-state index in [1.54, 1.807) is 38.1 Å². The second kappa shape index (κ2) is 20.3. The van der Waals surface area contributed by atoms with E-state index in [4.69, 9.17) is 14.2 Å². The second-order valence-electron chi connectivity index (χ2n) is 13.1. The lowest BCUT2D eigenvalue weighted by molar-refractivity contribution is -0.304. The van der Waals surface area contributed by atoms with Crippen molar-refractivity contribution < 1.29 is 28.6 Å². The third kappa shape index (κ3) is 15.8. The number of benzene rings is 1. The lowest BCUT2D eigenvalue weighted by atomic mass is 9.85. The van der Waals surface area contributed by atoms with Crippen molar-refractivity contribution in [3.8, 4) is 5.75 Å². The predicted molar refractivity (Wildman–Crippen MR) is 176 cm³/mol. The highest BCUT2D eigenvalue weighted by Gasteiger charge is 2.45. The van der Waals surface area contributed by atoms with Crippen molar-refractivity contribution in [1.82, 2.24) is 5.32 Å². The summed E-state index contributed by atoms with van der Waals surface area (Å²) in [6.07, 6.45) is 20.5. The van der Waals surface area contributed by atoms with E-state index in [-0.39, 0.29) is 24.8 Å². The maximum atomic E-state index is 12.7. The number of nitrogens with one attached hydrogen (secondary N) is 2. The van der Waals surface area contributed by atoms with Gasteiger partial charge in [0.05, 0.1) is 13.0 Å². The van der Waals surface area contributed by atoms with Gasteiger partial charge >= 0.3 is 5.97 Å². The summed E-state index contributed by atoms with van der Waals surface area (Å²) in [4.78, 5) is 37.3. The summed E-state index contributed by atoms with van der Waals surface area (Å²) in [5.41, 5.74) is 0.179. The molecule has 2 N–H and O–H groups in total. The molecule has 8 heteroatoms. The van der Waals surface area contributed by atoms with E-state index in [1.807, 2.05) is 13.8 Å². The zero-order chi connectivity index (χ0) is 32.3. The molecule has 1 unspecified atom stereocenters. The Bertz CT molecular complexity index is 1020. The molecule has 1 aromatic carbocycles. The van der Waals surface area contributed by atoms with Crippen LogP contribution in [-0.2, 0) is 23.9 Å². The Labute approximate surface area is 266 Å². The number of ether oxygens (including phenoxy) is 3. The highest BCUT2D eigenvalue weighted by Crippen LogP contribution is 2.34. The summed E-state index contributed by atoms with van der Waals surface area (Å²) >= 11 is 0. The van der Waals surface area contributed by atoms with Crippen LogP contribution in [-0.4, -0.2) is 42.8 Å². The minimum atomic E-state index is -0.841. The third-order valence-electron chi connectivity index (χ3n) is 7.81. The molecule has 1 atom stereocenters. The molecule has 1 saturated heterocycles. The first-order chi connectivity index (χ1) is 21.0. The number of amides is 2. The first kappa shape index (κ1) is 37.5. The van der Waals surface area contributed by atoms with E-state index >= 15 is 0 Å². The Morgan fingerprint density at radius 2 is 1.43 bits per heavy atom. The number of allylic oxidation sites excluding steroid dienone is 2. The summed E-state index contributed by atoms with van der Waals surface area (Å²) in [5.74, 6) is -1.21. The molecule has 1 aliphatic heterocycles. The summed E-state index contributed by atoms with van der Waals surface area (Å²) in [7, 11) is 0. The molecule has 1 heterocycles. The van der Waals surface area contributed by atoms with Gasteiger partial charge in [-0.1, -0.05) is 84.3 Å². The van der Waals surface area contributed by atoms with Gasteiger partial charge in [0.1, 0.15) is 11.9 Å². The van der Waals surface area contributed by atoms with Crippen molar-refractivity contribution in [1.29, 1.82) is 0 Å². The van der Waals surface area contributed by atoms with E-state index in [2.05, 4.69) is 29.7 Å². The van der Waals surface area contributed by atoms with Gasteiger partial charge in [-0.05, 0) is 70.2 Å². The maximum Gasteiger partial charge on any atom is 0.312 e. The molecule has 1 fully saturated rings. The molecule has 0 radical (unpaired) electrons. The average molecular weight is 615 g/mol. The zero-order valence-electron chi connectivity index (χ0n) is 28.0. The molecule has 0 bridgehead atoms. The molecule has 2 rings (SSSR count). The summed E-state index contributed by atoms with van der Waals surface area (Å²) in [6.45, 7) is 10.2. The Morgan fingerprint density at radius 3 is 2.07 bits per heavy atom. The van der Waals surface area contributed by atoms with Crippen LogP contribution in [0.5, 0.6) is 5.75 Å². The van der Waals surface area contributed by atoms with Gasteiger partial charge in [-0.15, -0.1) is 0 Å². The molecule has 8 nitrogen and oxygen atoms in total. The van der Waals surface area contributed by atoms with Crippen LogP contribution in [0, 0.1) is 5.41 Å². The fourth-order valence-electron chi connectivity index (χ4n) is 5.07. The molecule has 44 heavy (non-hydrogen) atoms. The highest BCUT2D eigenvalue weighted by molar-refractivity contribution is 5.90. The summed E-state index contributed by atoms with van der Waals surface area (Å²) in [5, 5.41) is 5.68. The zero-order valence-corrected chi connectivity index (χ0v) is 28.0. The molecule has 0 aromatic heterocycles. The SMILES string of the molecule is CCCCCCCCC=CCCCCCCCC(=O)Nc1ccc(OC(=O)CCNC(=O)C2OC(C)(C)OCC2(C)C)cc1. The normalized spacial score (nSPS) is 17.3. The Balaban J connectivity index is 1.52. The van der Waals surface area contributed by atoms with Crippen molar-refractivity contribution in [2.75, 3.05) is 18.5 Å². The van der Waals surface area contributed by atoms with Crippen LogP contribution in [0.25, 0.3) is 0 Å². The number of hydrogen-bond donors (Lipinski definition) is 2. The first-order valence-corrected chi connectivity index (χ1v) is 16.9. The van der Waals surface area contributed by atoms with Gasteiger partial charge in [-0.2, -0.15) is 0 Å². The minimum Gasteiger partial charge on any atom is -0.426 e. The van der Waals surface area contributed by atoms with Crippen LogP contribution >= 0.6 is 0 Å². The smallest absolute Gasteiger partial charge is 0.312 e. The number of esters is 1. The van der Waals surface area contributed by atoms with E-state index < -0.39 is 23.3 Å². The fraction of sp³-hybridized carbons (Fsp3) is 0.694. The van der Waals surface area contributed by atoms with Gasteiger partial charge in [0.25, 0.3) is 0 Å². The Morgan fingerprint density at radius 1 is 0.841 bits per heavy atom. The first-order valence-electron chi connectivity index (χ1n) is 16.9. The Hall–Kier alpha value is -2.71. The van der Waals surface area contributed by atoms with Crippen molar-refractivity contribution in [3.05, 3.63) is 36.4 Å². The average Bonchev–Trinajstić information content (AvgIpc) is 2.97. The molecular weight excluding hydrogens is 556 g/mol. The number of carbonyl (C=O) groups is 3. The second-order valence-corrected chi connectivity index (χ2v) is 13.1. The van der Waals surface area contributed by atoms with Crippen LogP contribution in [0.4, 0.5) is 5.69 Å². The minimum absolute atomic E-state index is 0.0109. The Kier molecular flexibility index (Phi) is 17.3. The quantitative estimate of drug-likeness (QED) is 0.0626. The van der Waals surface area contributed by atoms with Gasteiger partial charge in [-0.25, -0.2) is 0 Å². The standard InChI is InChI=1S/C36H58N2O6/c1-6-7-8-9-10-11-12-13-14-15-16-17-18-19-20-21-31(39)38-29-22-24-30(25-23-29)43-32(40)26-27-37-34(41)33-35(2,3)28-42-36(4,5)44-33/h13-14,22-25,33H,6-12,15-21,26-28H2,1-5H3,(H,37,41)(H,38,39). The van der Waals surface area contributed by atoms with Crippen LogP contribution in [0.15, 0.2) is 36.4 Å². The number of hydrogen-bond acceptors (Lipinski definition) is 6. The molecule has 0 aliphatic carbocycles. The summed E-state index contributed by atoms with van der Waals surface area (Å²) < 4.78 is 16.9. The third-order valence-corrected chi connectivity index (χ3v) is 7.81. The summed E-state index contributed by atoms with van der Waals surface area (Å²) in [6, 6.07) is 6.73. The van der Waals surface area contributed by atoms with E-state index in [9.17, 15) is 14.4 Å². The fourth-order valence-corrected chi connectivity index (χ4v) is 5.07. The van der Waals surface area contributed by atoms with Crippen molar-refractivity contribution in [3.63, 3.8) is 0 Å². The van der Waals surface area contributed by atoms with Crippen LogP contribution in [0.1, 0.15) is 131 Å². The molecule has 1 aromatic rings. The van der Waals surface area contributed by atoms with Crippen LogP contribution in [0.2, 0.25) is 0 Å². The number of anilines is 1. The maximum absolute atomic E-state index is 12.7. The van der Waals surface area contributed by atoms with Crippen molar-refractivity contribution in [2.45, 2.75) is 143 Å². The number of unbranched alkanes of at least 4 members (excludes halogenated alkanes) is 11. The number of rotatable bonds is 21. The monoisotopic (exact) mass is 614 g/mol. The van der Waals surface area contributed by atoms with Gasteiger partial charge in [0, 0.05) is 24.1 Å². The molecule has 2 amide bonds. The topological polar surface area (TPSA) is 103 Å². The predicted octanol–water partition coefficient (Wildman–Crippen LogP) is 8.25. The number of carbonyl (C=O) groups excluding carboxylic acids is 3. The lowest BCUT2D eigenvalue weighted by Gasteiger charge is -2.44. The van der Waals surface area contributed by atoms with Gasteiger partial charge in [-0.3, -0.25) is 14.4 Å². The highest BCUT2D eigenvalue weighted by atomic mass is 16.7. The van der Waals surface area contributed by atoms with E-state index in [1.165, 1.54) is 57.8 Å². The van der Waals surface area contributed by atoms with Crippen LogP contribution < -0.4 is 15.4 Å². The van der Waals surface area contributed by atoms with E-state index in [0.29, 0.717) is 24.5 Å². The lowest BCUT2D eigenvalue weighted by Crippen LogP contribution is -2.56. The van der Waals surface area contributed by atoms with Crippen molar-refractivity contribution in [2.24, 2.45) is 5.41 Å². The molecule has 248 valence electrons. The molecule has 0 saturated carbocycles. The van der Waals surface area contributed by atoms with Gasteiger partial charge < -0.3 is 24.8 Å². The molecule has 0 spiro atoms. The molecular formula is C36H58N2O6. The van der Waals surface area contributed by atoms with Crippen LogP contribution in [0.3, 0.4) is 0 Å². The van der Waals surface area contributed by atoms with Gasteiger partial charge in [0.2, 0.25) is 11.8 Å². The van der Waals surface area contributed by atoms with E-state index in [0.717, 1.165) is 25.7 Å².